The molecule has 0 spiro atoms. The van der Waals surface area contributed by atoms with Gasteiger partial charge in [0.15, 0.2) is 0 Å². The Balaban J connectivity index is 1.77. The smallest absolute Gasteiger partial charge is 0.128 e. The largest absolute Gasteiger partial charge is 0.487 e. The van der Waals surface area contributed by atoms with Crippen molar-refractivity contribution in [2.24, 2.45) is 0 Å². The minimum Gasteiger partial charge on any atom is -0.487 e. The second-order valence-corrected chi connectivity index (χ2v) is 3.90. The van der Waals surface area contributed by atoms with E-state index in [1.165, 1.54) is 5.39 Å². The molecule has 1 radical (unpaired) electrons. The van der Waals surface area contributed by atoms with Crippen LogP contribution in [0.15, 0.2) is 54.6 Å². The maximum Gasteiger partial charge on any atom is 0.128 e. The van der Waals surface area contributed by atoms with Crippen molar-refractivity contribution in [1.82, 2.24) is 4.98 Å². The standard InChI is InChI=1S/C15H12NO/c1-2-7-14(8-3-1)17-11-13-10-12-6-4-5-9-15(12)16-13/h1-7,9-10,16H,11H2. The van der Waals surface area contributed by atoms with Crippen molar-refractivity contribution in [3.8, 4) is 5.75 Å². The molecule has 0 unspecified atom stereocenters. The molecule has 0 aliphatic rings. The Morgan fingerprint density at radius 3 is 2.76 bits per heavy atom. The number of hydrogen-bond donors (Lipinski definition) is 1. The Bertz CT molecular complexity index is 580. The van der Waals surface area contributed by atoms with Crippen LogP contribution in [-0.4, -0.2) is 4.98 Å². The van der Waals surface area contributed by atoms with Crippen molar-refractivity contribution in [3.63, 3.8) is 0 Å². The Hall–Kier alpha value is -2.22. The van der Waals surface area contributed by atoms with Crippen LogP contribution in [0.4, 0.5) is 0 Å². The van der Waals surface area contributed by atoms with Gasteiger partial charge in [0.05, 0.1) is 5.69 Å². The van der Waals surface area contributed by atoms with Crippen LogP contribution in [0, 0.1) is 6.07 Å². The van der Waals surface area contributed by atoms with Crippen LogP contribution < -0.4 is 4.74 Å². The van der Waals surface area contributed by atoms with E-state index in [4.69, 9.17) is 4.74 Å². The van der Waals surface area contributed by atoms with Crippen molar-refractivity contribution in [2.45, 2.75) is 6.61 Å². The summed E-state index contributed by atoms with van der Waals surface area (Å²) < 4.78 is 5.63. The van der Waals surface area contributed by atoms with Gasteiger partial charge < -0.3 is 9.72 Å². The van der Waals surface area contributed by atoms with Crippen LogP contribution in [0.2, 0.25) is 0 Å². The van der Waals surface area contributed by atoms with Gasteiger partial charge in [-0.15, -0.1) is 0 Å². The van der Waals surface area contributed by atoms with Gasteiger partial charge in [0.1, 0.15) is 12.4 Å². The first-order valence-corrected chi connectivity index (χ1v) is 5.58. The van der Waals surface area contributed by atoms with E-state index >= 15 is 0 Å². The minimum absolute atomic E-state index is 0.537. The second-order valence-electron chi connectivity index (χ2n) is 3.90. The molecule has 0 aliphatic heterocycles. The molecule has 1 N–H and O–H groups in total. The van der Waals surface area contributed by atoms with E-state index in [0.717, 1.165) is 17.0 Å². The van der Waals surface area contributed by atoms with Gasteiger partial charge in [0.25, 0.3) is 0 Å². The van der Waals surface area contributed by atoms with Gasteiger partial charge in [-0.1, -0.05) is 36.4 Å². The highest BCUT2D eigenvalue weighted by molar-refractivity contribution is 5.80. The van der Waals surface area contributed by atoms with Crippen LogP contribution >= 0.6 is 0 Å². The number of H-pyrrole nitrogens is 1. The lowest BCUT2D eigenvalue weighted by Gasteiger charge is -2.02. The lowest BCUT2D eigenvalue weighted by molar-refractivity contribution is 0.301. The average Bonchev–Trinajstić information content (AvgIpc) is 2.80. The van der Waals surface area contributed by atoms with Crippen LogP contribution in [0.1, 0.15) is 5.69 Å². The zero-order valence-electron chi connectivity index (χ0n) is 9.31. The molecule has 2 nitrogen and oxygen atoms in total. The van der Waals surface area contributed by atoms with Gasteiger partial charge in [-0.2, -0.15) is 0 Å². The zero-order chi connectivity index (χ0) is 11.5. The molecule has 0 saturated carbocycles. The monoisotopic (exact) mass is 222 g/mol. The topological polar surface area (TPSA) is 25.0 Å². The molecule has 83 valence electrons. The molecule has 0 aliphatic carbocycles. The van der Waals surface area contributed by atoms with Crippen molar-refractivity contribution in [1.29, 1.82) is 0 Å². The summed E-state index contributed by atoms with van der Waals surface area (Å²) in [6.07, 6.45) is 0. The van der Waals surface area contributed by atoms with Gasteiger partial charge in [-0.3, -0.25) is 0 Å². The third kappa shape index (κ3) is 2.16. The summed E-state index contributed by atoms with van der Waals surface area (Å²) >= 11 is 0. The minimum atomic E-state index is 0.537. The Morgan fingerprint density at radius 1 is 1.06 bits per heavy atom. The number of rotatable bonds is 3. The fourth-order valence-electron chi connectivity index (χ4n) is 1.83. The fraction of sp³-hybridized carbons (Fsp3) is 0.0667. The molecule has 0 fully saturated rings. The second kappa shape index (κ2) is 4.34. The molecule has 17 heavy (non-hydrogen) atoms. The summed E-state index contributed by atoms with van der Waals surface area (Å²) in [4.78, 5) is 3.33. The zero-order valence-corrected chi connectivity index (χ0v) is 9.31. The van der Waals surface area contributed by atoms with Crippen molar-refractivity contribution >= 4 is 10.9 Å². The third-order valence-electron chi connectivity index (χ3n) is 2.65. The summed E-state index contributed by atoms with van der Waals surface area (Å²) in [5.74, 6) is 0.770. The van der Waals surface area contributed by atoms with Gasteiger partial charge in [-0.25, -0.2) is 0 Å². The fourth-order valence-corrected chi connectivity index (χ4v) is 1.83. The van der Waals surface area contributed by atoms with Crippen LogP contribution in [0.3, 0.4) is 0 Å². The van der Waals surface area contributed by atoms with E-state index in [0.29, 0.717) is 6.61 Å². The predicted octanol–water partition coefficient (Wildman–Crippen LogP) is 3.55. The molecular formula is C15H12NO. The van der Waals surface area contributed by atoms with Crippen molar-refractivity contribution in [3.05, 3.63) is 66.4 Å². The number of fused-ring (bicyclic) bond motifs is 1. The van der Waals surface area contributed by atoms with E-state index in [9.17, 15) is 0 Å². The first-order valence-electron chi connectivity index (χ1n) is 5.58. The van der Waals surface area contributed by atoms with Gasteiger partial charge >= 0.3 is 0 Å². The molecule has 2 aromatic carbocycles. The number of benzene rings is 2. The summed E-state index contributed by atoms with van der Waals surface area (Å²) in [6, 6.07) is 21.0. The van der Waals surface area contributed by atoms with Crippen LogP contribution in [0.25, 0.3) is 10.9 Å². The van der Waals surface area contributed by atoms with E-state index in [-0.39, 0.29) is 0 Å². The number of ether oxygens (including phenoxy) is 1. The van der Waals surface area contributed by atoms with Crippen molar-refractivity contribution in [2.75, 3.05) is 0 Å². The normalized spacial score (nSPS) is 10.6. The van der Waals surface area contributed by atoms with Crippen LogP contribution in [0.5, 0.6) is 5.75 Å². The number of para-hydroxylation sites is 2. The van der Waals surface area contributed by atoms with Crippen molar-refractivity contribution < 1.29 is 4.74 Å². The van der Waals surface area contributed by atoms with Gasteiger partial charge in [0.2, 0.25) is 0 Å². The van der Waals surface area contributed by atoms with E-state index < -0.39 is 0 Å². The SMILES string of the molecule is [c]1ccccc1OCc1cc2ccccc2[nH]1. The lowest BCUT2D eigenvalue weighted by atomic mass is 10.2. The summed E-state index contributed by atoms with van der Waals surface area (Å²) in [6.45, 7) is 0.537. The lowest BCUT2D eigenvalue weighted by Crippen LogP contribution is -1.94. The molecule has 3 aromatic rings. The molecule has 0 bridgehead atoms. The summed E-state index contributed by atoms with van der Waals surface area (Å²) in [5.41, 5.74) is 2.21. The maximum absolute atomic E-state index is 5.63. The highest BCUT2D eigenvalue weighted by atomic mass is 16.5. The third-order valence-corrected chi connectivity index (χ3v) is 2.65. The Labute approximate surface area is 99.9 Å². The molecule has 3 rings (SSSR count). The number of aromatic nitrogens is 1. The molecule has 0 saturated heterocycles. The number of hydrogen-bond acceptors (Lipinski definition) is 1. The van der Waals surface area contributed by atoms with E-state index in [2.05, 4.69) is 29.2 Å². The number of nitrogens with one attached hydrogen (secondary N) is 1. The van der Waals surface area contributed by atoms with Gasteiger partial charge in [-0.05, 0) is 23.6 Å². The maximum atomic E-state index is 5.63. The molecular weight excluding hydrogens is 210 g/mol. The Kier molecular flexibility index (Phi) is 2.54. The molecule has 1 heterocycles. The van der Waals surface area contributed by atoms with Crippen LogP contribution in [-0.2, 0) is 6.61 Å². The summed E-state index contributed by atoms with van der Waals surface area (Å²) in [5, 5.41) is 1.21. The highest BCUT2D eigenvalue weighted by Gasteiger charge is 2.00. The molecule has 2 heteroatoms. The Morgan fingerprint density at radius 2 is 1.94 bits per heavy atom. The number of aromatic amines is 1. The average molecular weight is 222 g/mol. The highest BCUT2D eigenvalue weighted by Crippen LogP contribution is 2.16. The quantitative estimate of drug-likeness (QED) is 0.720. The van der Waals surface area contributed by atoms with E-state index in [1.807, 2.05) is 36.4 Å². The summed E-state index contributed by atoms with van der Waals surface area (Å²) in [7, 11) is 0. The predicted molar refractivity (Wildman–Crippen MR) is 67.9 cm³/mol. The first kappa shape index (κ1) is 9.97. The van der Waals surface area contributed by atoms with Gasteiger partial charge in [0, 0.05) is 11.6 Å². The first-order chi connectivity index (χ1) is 8.42. The molecule has 0 atom stereocenters. The van der Waals surface area contributed by atoms with E-state index in [1.54, 1.807) is 0 Å². The molecule has 1 aromatic heterocycles. The molecule has 0 amide bonds.